The molecule has 0 aliphatic carbocycles. The Kier molecular flexibility index (Phi) is 4.85. The number of hydrogen-bond acceptors (Lipinski definition) is 4. The third kappa shape index (κ3) is 3.30. The number of hydrogen-bond donors (Lipinski definition) is 0. The molecule has 0 N–H and O–H groups in total. The van der Waals surface area contributed by atoms with Gasteiger partial charge >= 0.3 is 0 Å². The molecule has 2 aliphatic rings. The van der Waals surface area contributed by atoms with Gasteiger partial charge in [0.1, 0.15) is 0 Å². The maximum Gasteiger partial charge on any atom is 0.225 e. The van der Waals surface area contributed by atoms with Crippen molar-refractivity contribution in [3.05, 3.63) is 30.2 Å². The van der Waals surface area contributed by atoms with E-state index in [0.717, 1.165) is 55.8 Å². The second-order valence-electron chi connectivity index (χ2n) is 7.69. The number of likely N-dealkylation sites (tertiary alicyclic amines) is 1. The number of carbonyl (C=O) groups is 1. The van der Waals surface area contributed by atoms with Gasteiger partial charge in [-0.15, -0.1) is 0 Å². The van der Waals surface area contributed by atoms with E-state index in [4.69, 9.17) is 9.72 Å². The molecule has 2 saturated heterocycles. The molecule has 0 aromatic carbocycles. The molecule has 140 valence electrons. The molecule has 2 aromatic heterocycles. The Morgan fingerprint density at radius 2 is 2.08 bits per heavy atom. The van der Waals surface area contributed by atoms with E-state index in [0.29, 0.717) is 25.0 Å². The summed E-state index contributed by atoms with van der Waals surface area (Å²) in [6, 6.07) is 4.14. The van der Waals surface area contributed by atoms with Crippen molar-refractivity contribution in [2.75, 3.05) is 45.3 Å². The van der Waals surface area contributed by atoms with Crippen LogP contribution in [-0.4, -0.2) is 60.6 Å². The molecule has 2 fully saturated rings. The standard InChI is InChI=1S/C20H28N4O2/c1-22(2)19-18-6-4-9-23(18)14-17(21-19)16-5-3-10-24(13-16)20(25)15-7-11-26-12-8-15/h4,6,9,14-16H,3,5,7-8,10-13H2,1-2H3/t16-/m1/s1. The number of aromatic nitrogens is 2. The van der Waals surface area contributed by atoms with Gasteiger partial charge in [0, 0.05) is 64.6 Å². The van der Waals surface area contributed by atoms with Crippen molar-refractivity contribution in [3.63, 3.8) is 0 Å². The van der Waals surface area contributed by atoms with Crippen molar-refractivity contribution in [3.8, 4) is 0 Å². The molecule has 6 nitrogen and oxygen atoms in total. The third-order valence-corrected chi connectivity index (χ3v) is 5.66. The first kappa shape index (κ1) is 17.3. The summed E-state index contributed by atoms with van der Waals surface area (Å²) in [5, 5.41) is 0. The molecule has 0 spiro atoms. The van der Waals surface area contributed by atoms with Crippen molar-refractivity contribution in [2.24, 2.45) is 5.92 Å². The number of nitrogens with zero attached hydrogens (tertiary/aromatic N) is 4. The summed E-state index contributed by atoms with van der Waals surface area (Å²) >= 11 is 0. The molecule has 2 aromatic rings. The van der Waals surface area contributed by atoms with Crippen LogP contribution in [0.2, 0.25) is 0 Å². The Morgan fingerprint density at radius 3 is 2.85 bits per heavy atom. The van der Waals surface area contributed by atoms with Crippen LogP contribution in [0.1, 0.15) is 37.3 Å². The number of amides is 1. The fraction of sp³-hybridized carbons (Fsp3) is 0.600. The lowest BCUT2D eigenvalue weighted by Gasteiger charge is -2.36. The Hall–Kier alpha value is -2.08. The number of piperidine rings is 1. The predicted octanol–water partition coefficient (Wildman–Crippen LogP) is 2.53. The van der Waals surface area contributed by atoms with Crippen LogP contribution in [0.15, 0.2) is 24.5 Å². The highest BCUT2D eigenvalue weighted by Crippen LogP contribution is 2.30. The van der Waals surface area contributed by atoms with E-state index >= 15 is 0 Å². The average Bonchev–Trinajstić information content (AvgIpc) is 3.16. The highest BCUT2D eigenvalue weighted by atomic mass is 16.5. The van der Waals surface area contributed by atoms with Crippen LogP contribution in [0.4, 0.5) is 5.82 Å². The first-order chi connectivity index (χ1) is 12.6. The monoisotopic (exact) mass is 356 g/mol. The predicted molar refractivity (Wildman–Crippen MR) is 102 cm³/mol. The average molecular weight is 356 g/mol. The van der Waals surface area contributed by atoms with Crippen LogP contribution >= 0.6 is 0 Å². The van der Waals surface area contributed by atoms with Crippen molar-refractivity contribution in [1.82, 2.24) is 14.3 Å². The normalized spacial score (nSPS) is 21.9. The molecule has 1 amide bonds. The summed E-state index contributed by atoms with van der Waals surface area (Å²) in [6.07, 6.45) is 8.06. The van der Waals surface area contributed by atoms with Gasteiger partial charge in [0.25, 0.3) is 0 Å². The van der Waals surface area contributed by atoms with Gasteiger partial charge in [0.2, 0.25) is 5.91 Å². The van der Waals surface area contributed by atoms with E-state index in [2.05, 4.69) is 38.7 Å². The maximum atomic E-state index is 12.9. The fourth-order valence-electron chi connectivity index (χ4n) is 4.19. The summed E-state index contributed by atoms with van der Waals surface area (Å²) in [5.41, 5.74) is 2.20. The fourth-order valence-corrected chi connectivity index (χ4v) is 4.19. The Balaban J connectivity index is 1.56. The van der Waals surface area contributed by atoms with E-state index in [-0.39, 0.29) is 5.92 Å². The summed E-state index contributed by atoms with van der Waals surface area (Å²) in [6.45, 7) is 3.08. The van der Waals surface area contributed by atoms with Crippen LogP contribution in [0.5, 0.6) is 0 Å². The number of rotatable bonds is 3. The Bertz CT molecular complexity index is 779. The van der Waals surface area contributed by atoms with Gasteiger partial charge in [-0.1, -0.05) is 0 Å². The van der Waals surface area contributed by atoms with Crippen LogP contribution in [0.25, 0.3) is 5.52 Å². The summed E-state index contributed by atoms with van der Waals surface area (Å²) in [7, 11) is 4.06. The number of ether oxygens (including phenoxy) is 1. The van der Waals surface area contributed by atoms with E-state index in [1.807, 2.05) is 14.1 Å². The van der Waals surface area contributed by atoms with Gasteiger partial charge < -0.3 is 18.9 Å². The minimum absolute atomic E-state index is 0.139. The highest BCUT2D eigenvalue weighted by molar-refractivity contribution is 5.79. The lowest BCUT2D eigenvalue weighted by Crippen LogP contribution is -2.43. The van der Waals surface area contributed by atoms with E-state index in [1.165, 1.54) is 0 Å². The molecule has 0 saturated carbocycles. The molecule has 1 atom stereocenters. The number of anilines is 1. The quantitative estimate of drug-likeness (QED) is 0.848. The van der Waals surface area contributed by atoms with Gasteiger partial charge in [0.15, 0.2) is 5.82 Å². The molecule has 0 radical (unpaired) electrons. The van der Waals surface area contributed by atoms with Crippen molar-refractivity contribution < 1.29 is 9.53 Å². The zero-order valence-electron chi connectivity index (χ0n) is 15.7. The Labute approximate surface area is 154 Å². The van der Waals surface area contributed by atoms with E-state index in [9.17, 15) is 4.79 Å². The first-order valence-electron chi connectivity index (χ1n) is 9.65. The van der Waals surface area contributed by atoms with Gasteiger partial charge in [-0.25, -0.2) is 4.98 Å². The second-order valence-corrected chi connectivity index (χ2v) is 7.69. The summed E-state index contributed by atoms with van der Waals surface area (Å²) < 4.78 is 7.56. The van der Waals surface area contributed by atoms with Gasteiger partial charge in [-0.3, -0.25) is 4.79 Å². The highest BCUT2D eigenvalue weighted by Gasteiger charge is 2.31. The molecule has 0 unspecified atom stereocenters. The first-order valence-corrected chi connectivity index (χ1v) is 9.65. The molecule has 6 heteroatoms. The minimum Gasteiger partial charge on any atom is -0.381 e. The minimum atomic E-state index is 0.139. The molecule has 26 heavy (non-hydrogen) atoms. The van der Waals surface area contributed by atoms with Crippen molar-refractivity contribution in [2.45, 2.75) is 31.6 Å². The smallest absolute Gasteiger partial charge is 0.225 e. The number of carbonyl (C=O) groups excluding carboxylic acids is 1. The molecule has 4 rings (SSSR count). The van der Waals surface area contributed by atoms with Crippen LogP contribution < -0.4 is 4.90 Å². The van der Waals surface area contributed by atoms with Gasteiger partial charge in [0.05, 0.1) is 11.2 Å². The van der Waals surface area contributed by atoms with Crippen LogP contribution in [0, 0.1) is 5.92 Å². The zero-order chi connectivity index (χ0) is 18.1. The van der Waals surface area contributed by atoms with Crippen LogP contribution in [0.3, 0.4) is 0 Å². The number of fused-ring (bicyclic) bond motifs is 1. The lowest BCUT2D eigenvalue weighted by atomic mass is 9.92. The van der Waals surface area contributed by atoms with Crippen molar-refractivity contribution in [1.29, 1.82) is 0 Å². The topological polar surface area (TPSA) is 50.1 Å². The SMILES string of the molecule is CN(C)c1nc([C@@H]2CCCN(C(=O)C3CCOCC3)C2)cn2cccc12. The van der Waals surface area contributed by atoms with E-state index in [1.54, 1.807) is 0 Å². The Morgan fingerprint density at radius 1 is 1.27 bits per heavy atom. The third-order valence-electron chi connectivity index (χ3n) is 5.66. The molecular weight excluding hydrogens is 328 g/mol. The van der Waals surface area contributed by atoms with Gasteiger partial charge in [-0.2, -0.15) is 0 Å². The van der Waals surface area contributed by atoms with Gasteiger partial charge in [-0.05, 0) is 37.8 Å². The summed E-state index contributed by atoms with van der Waals surface area (Å²) in [4.78, 5) is 22.0. The van der Waals surface area contributed by atoms with Crippen molar-refractivity contribution >= 4 is 17.2 Å². The maximum absolute atomic E-state index is 12.9. The molecule has 2 aliphatic heterocycles. The molecular formula is C20H28N4O2. The molecule has 4 heterocycles. The zero-order valence-corrected chi connectivity index (χ0v) is 15.7. The molecule has 0 bridgehead atoms. The summed E-state index contributed by atoms with van der Waals surface area (Å²) in [5.74, 6) is 1.74. The second kappa shape index (κ2) is 7.27. The van der Waals surface area contributed by atoms with E-state index < -0.39 is 0 Å². The van der Waals surface area contributed by atoms with Crippen LogP contribution in [-0.2, 0) is 9.53 Å². The lowest BCUT2D eigenvalue weighted by molar-refractivity contribution is -0.139. The largest absolute Gasteiger partial charge is 0.381 e.